The Bertz CT molecular complexity index is 833. The van der Waals surface area contributed by atoms with Crippen molar-refractivity contribution in [2.75, 3.05) is 6.54 Å². The number of sulfonamides is 1. The lowest BCUT2D eigenvalue weighted by molar-refractivity contribution is -0.137. The molecule has 0 aliphatic rings. The highest BCUT2D eigenvalue weighted by Gasteiger charge is 2.29. The summed E-state index contributed by atoms with van der Waals surface area (Å²) in [5.74, 6) is -1.94. The fourth-order valence-corrected chi connectivity index (χ4v) is 3.50. The van der Waals surface area contributed by atoms with Crippen molar-refractivity contribution in [1.29, 1.82) is 0 Å². The monoisotopic (exact) mass is 314 g/mol. The zero-order chi connectivity index (χ0) is 15.8. The quantitative estimate of drug-likeness (QED) is 0.834. The van der Waals surface area contributed by atoms with E-state index in [2.05, 4.69) is 4.98 Å². The van der Waals surface area contributed by atoms with Crippen LogP contribution in [0.4, 0.5) is 0 Å². The van der Waals surface area contributed by atoms with Crippen molar-refractivity contribution in [2.24, 2.45) is 0 Å². The van der Waals surface area contributed by atoms with E-state index in [0.29, 0.717) is 5.52 Å². The van der Waals surface area contributed by atoms with Crippen molar-refractivity contribution in [2.45, 2.75) is 24.8 Å². The number of fused-ring (bicyclic) bond motifs is 1. The molecule has 0 atom stereocenters. The molecule has 0 fully saturated rings. The summed E-state index contributed by atoms with van der Waals surface area (Å²) in [4.78, 5) is 24.2. The molecule has 1 aromatic heterocycles. The van der Waals surface area contributed by atoms with E-state index < -0.39 is 34.3 Å². The van der Waals surface area contributed by atoms with Gasteiger partial charge in [-0.2, -0.15) is 4.31 Å². The average molecular weight is 314 g/mol. The lowest BCUT2D eigenvalue weighted by Gasteiger charge is -2.23. The van der Waals surface area contributed by atoms with Gasteiger partial charge in [-0.25, -0.2) is 13.2 Å². The van der Waals surface area contributed by atoms with Crippen LogP contribution in [-0.4, -0.2) is 41.4 Å². The molecule has 0 aliphatic carbocycles. The van der Waals surface area contributed by atoms with E-state index >= 15 is 0 Å². The van der Waals surface area contributed by atoms with Crippen LogP contribution >= 0.6 is 0 Å². The standard InChI is InChI=1S/C12H14N2O6S/c1-7(2)14(6-11(15)16)21(18,19)8-3-4-9-10(5-8)20-12(17)13-9/h3-5,7H,6H2,1-2H3,(H,13,17)(H,15,16). The van der Waals surface area contributed by atoms with Gasteiger partial charge in [-0.05, 0) is 26.0 Å². The van der Waals surface area contributed by atoms with Gasteiger partial charge in [-0.3, -0.25) is 9.78 Å². The van der Waals surface area contributed by atoms with Crippen LogP contribution in [0.15, 0.2) is 32.3 Å². The highest BCUT2D eigenvalue weighted by molar-refractivity contribution is 7.89. The van der Waals surface area contributed by atoms with Crippen LogP contribution in [0.25, 0.3) is 11.1 Å². The fraction of sp³-hybridized carbons (Fsp3) is 0.333. The molecule has 2 N–H and O–H groups in total. The highest BCUT2D eigenvalue weighted by Crippen LogP contribution is 2.21. The van der Waals surface area contributed by atoms with Crippen LogP contribution in [0.2, 0.25) is 0 Å². The van der Waals surface area contributed by atoms with Gasteiger partial charge in [-0.15, -0.1) is 0 Å². The number of aromatic amines is 1. The number of benzene rings is 1. The van der Waals surface area contributed by atoms with Gasteiger partial charge in [0, 0.05) is 12.1 Å². The number of aliphatic carboxylic acids is 1. The molecule has 2 aromatic rings. The summed E-state index contributed by atoms with van der Waals surface area (Å²) >= 11 is 0. The summed E-state index contributed by atoms with van der Waals surface area (Å²) in [5, 5.41) is 8.85. The third kappa shape index (κ3) is 2.98. The van der Waals surface area contributed by atoms with E-state index in [9.17, 15) is 18.0 Å². The molecule has 114 valence electrons. The number of hydrogen-bond donors (Lipinski definition) is 2. The predicted octanol–water partition coefficient (Wildman–Crippen LogP) is 0.605. The Labute approximate surface area is 120 Å². The van der Waals surface area contributed by atoms with Gasteiger partial charge < -0.3 is 9.52 Å². The molecule has 2 rings (SSSR count). The molecular weight excluding hydrogens is 300 g/mol. The van der Waals surface area contributed by atoms with Crippen LogP contribution in [0, 0.1) is 0 Å². The maximum Gasteiger partial charge on any atom is 0.417 e. The number of aromatic nitrogens is 1. The predicted molar refractivity (Wildman–Crippen MR) is 73.5 cm³/mol. The second-order valence-electron chi connectivity index (χ2n) is 4.71. The summed E-state index contributed by atoms with van der Waals surface area (Å²) in [6.45, 7) is 2.51. The number of H-pyrrole nitrogens is 1. The van der Waals surface area contributed by atoms with E-state index in [1.54, 1.807) is 13.8 Å². The third-order valence-electron chi connectivity index (χ3n) is 2.87. The number of carboxylic acid groups (broad SMARTS) is 1. The van der Waals surface area contributed by atoms with Gasteiger partial charge in [0.1, 0.15) is 6.54 Å². The smallest absolute Gasteiger partial charge is 0.417 e. The number of nitrogens with one attached hydrogen (secondary N) is 1. The van der Waals surface area contributed by atoms with Crippen molar-refractivity contribution >= 4 is 27.1 Å². The van der Waals surface area contributed by atoms with Crippen molar-refractivity contribution < 1.29 is 22.7 Å². The minimum absolute atomic E-state index is 0.0973. The Morgan fingerprint density at radius 3 is 2.67 bits per heavy atom. The maximum atomic E-state index is 12.5. The Morgan fingerprint density at radius 1 is 1.43 bits per heavy atom. The lowest BCUT2D eigenvalue weighted by atomic mass is 10.3. The molecule has 0 spiro atoms. The van der Waals surface area contributed by atoms with Crippen molar-refractivity contribution in [1.82, 2.24) is 9.29 Å². The average Bonchev–Trinajstić information content (AvgIpc) is 2.74. The summed E-state index contributed by atoms with van der Waals surface area (Å²) in [7, 11) is -4.00. The first-order chi connectivity index (χ1) is 9.71. The van der Waals surface area contributed by atoms with E-state index in [4.69, 9.17) is 9.52 Å². The molecule has 0 unspecified atom stereocenters. The zero-order valence-corrected chi connectivity index (χ0v) is 12.2. The minimum Gasteiger partial charge on any atom is -0.480 e. The number of nitrogens with zero attached hydrogens (tertiary/aromatic N) is 1. The molecule has 1 heterocycles. The molecule has 0 aliphatic heterocycles. The first kappa shape index (κ1) is 15.3. The van der Waals surface area contributed by atoms with Crippen LogP contribution in [0.1, 0.15) is 13.8 Å². The van der Waals surface area contributed by atoms with Gasteiger partial charge in [-0.1, -0.05) is 0 Å². The molecule has 0 bridgehead atoms. The van der Waals surface area contributed by atoms with E-state index in [1.165, 1.54) is 18.2 Å². The number of carbonyl (C=O) groups is 1. The summed E-state index contributed by atoms with van der Waals surface area (Å²) < 4.78 is 30.7. The lowest BCUT2D eigenvalue weighted by Crippen LogP contribution is -2.40. The number of hydrogen-bond acceptors (Lipinski definition) is 5. The second-order valence-corrected chi connectivity index (χ2v) is 6.60. The highest BCUT2D eigenvalue weighted by atomic mass is 32.2. The molecule has 0 amide bonds. The summed E-state index contributed by atoms with van der Waals surface area (Å²) in [5.41, 5.74) is 0.466. The minimum atomic E-state index is -4.00. The molecule has 9 heteroatoms. The zero-order valence-electron chi connectivity index (χ0n) is 11.4. The van der Waals surface area contributed by atoms with E-state index in [1.807, 2.05) is 0 Å². The Morgan fingerprint density at radius 2 is 2.10 bits per heavy atom. The normalized spacial score (nSPS) is 12.4. The third-order valence-corrected chi connectivity index (χ3v) is 4.88. The van der Waals surface area contributed by atoms with Crippen molar-refractivity contribution in [3.63, 3.8) is 0 Å². The Kier molecular flexibility index (Phi) is 3.88. The van der Waals surface area contributed by atoms with E-state index in [-0.39, 0.29) is 10.5 Å². The van der Waals surface area contributed by atoms with E-state index in [0.717, 1.165) is 4.31 Å². The molecule has 21 heavy (non-hydrogen) atoms. The number of rotatable bonds is 5. The van der Waals surface area contributed by atoms with Crippen LogP contribution < -0.4 is 5.76 Å². The topological polar surface area (TPSA) is 121 Å². The molecule has 1 aromatic carbocycles. The van der Waals surface area contributed by atoms with Crippen LogP contribution in [-0.2, 0) is 14.8 Å². The van der Waals surface area contributed by atoms with Crippen molar-refractivity contribution in [3.05, 3.63) is 28.7 Å². The van der Waals surface area contributed by atoms with Gasteiger partial charge in [0.15, 0.2) is 5.58 Å². The molecule has 0 radical (unpaired) electrons. The maximum absolute atomic E-state index is 12.5. The van der Waals surface area contributed by atoms with Gasteiger partial charge in [0.25, 0.3) is 0 Å². The summed E-state index contributed by atoms with van der Waals surface area (Å²) in [6.07, 6.45) is 0. The Balaban J connectivity index is 2.52. The van der Waals surface area contributed by atoms with Gasteiger partial charge in [0.2, 0.25) is 10.0 Å². The van der Waals surface area contributed by atoms with Crippen molar-refractivity contribution in [3.8, 4) is 0 Å². The molecule has 0 saturated carbocycles. The number of carboxylic acids is 1. The SMILES string of the molecule is CC(C)N(CC(=O)O)S(=O)(=O)c1ccc2[nH]c(=O)oc2c1. The van der Waals surface area contributed by atoms with Crippen LogP contribution in [0.5, 0.6) is 0 Å². The molecule has 8 nitrogen and oxygen atoms in total. The second kappa shape index (κ2) is 5.34. The largest absolute Gasteiger partial charge is 0.480 e. The molecular formula is C12H14N2O6S. The first-order valence-corrected chi connectivity index (χ1v) is 7.52. The fourth-order valence-electron chi connectivity index (χ4n) is 1.90. The first-order valence-electron chi connectivity index (χ1n) is 6.08. The van der Waals surface area contributed by atoms with Gasteiger partial charge in [0.05, 0.1) is 10.4 Å². The Hall–Kier alpha value is -2.13. The van der Waals surface area contributed by atoms with Gasteiger partial charge >= 0.3 is 11.7 Å². The van der Waals surface area contributed by atoms with Crippen LogP contribution in [0.3, 0.4) is 0 Å². The number of oxazole rings is 1. The summed E-state index contributed by atoms with van der Waals surface area (Å²) in [6, 6.07) is 3.35. The molecule has 0 saturated heterocycles.